The summed E-state index contributed by atoms with van der Waals surface area (Å²) in [6.07, 6.45) is 1.20. The van der Waals surface area contributed by atoms with Gasteiger partial charge in [0.1, 0.15) is 5.75 Å². The largest absolute Gasteiger partial charge is 0.385 e. The van der Waals surface area contributed by atoms with Gasteiger partial charge < -0.3 is 14.4 Å². The van der Waals surface area contributed by atoms with Gasteiger partial charge in [0, 0.05) is 11.1 Å². The van der Waals surface area contributed by atoms with E-state index in [1.807, 2.05) is 7.05 Å². The molecule has 1 aliphatic heterocycles. The van der Waals surface area contributed by atoms with Crippen molar-refractivity contribution in [2.75, 3.05) is 32.0 Å². The van der Waals surface area contributed by atoms with Crippen LogP contribution in [0.1, 0.15) is 12.8 Å². The van der Waals surface area contributed by atoms with Crippen molar-refractivity contribution in [2.24, 2.45) is 0 Å². The third kappa shape index (κ3) is 6.09. The van der Waals surface area contributed by atoms with Gasteiger partial charge in [0.15, 0.2) is 0 Å². The molecule has 2 aromatic carbocycles. The fourth-order valence-corrected chi connectivity index (χ4v) is 5.00. The number of anilines is 1. The van der Waals surface area contributed by atoms with Gasteiger partial charge in [-0.05, 0) is 63.3 Å². The first kappa shape index (κ1) is 22.8. The molecule has 10 heteroatoms. The molecule has 1 saturated heterocycles. The molecule has 0 aliphatic carbocycles. The van der Waals surface area contributed by atoms with Gasteiger partial charge in [0.05, 0.1) is 17.3 Å². The van der Waals surface area contributed by atoms with Crippen LogP contribution in [0.25, 0.3) is 0 Å². The summed E-state index contributed by atoms with van der Waals surface area (Å²) in [7, 11) is -2.22. The van der Waals surface area contributed by atoms with Crippen LogP contribution in [0.15, 0.2) is 48.5 Å². The van der Waals surface area contributed by atoms with E-state index < -0.39 is 16.2 Å². The number of hydrogen-bond acceptors (Lipinski definition) is 5. The van der Waals surface area contributed by atoms with E-state index >= 15 is 0 Å². The van der Waals surface area contributed by atoms with Crippen molar-refractivity contribution in [1.29, 1.82) is 0 Å². The number of para-hydroxylation sites is 1. The van der Waals surface area contributed by atoms with E-state index in [1.54, 1.807) is 42.5 Å². The highest BCUT2D eigenvalue weighted by Crippen LogP contribution is 2.26. The molecule has 0 spiro atoms. The lowest BCUT2D eigenvalue weighted by Gasteiger charge is -2.35. The quantitative estimate of drug-likeness (QED) is 0.666. The molecule has 1 N–H and O–H groups in total. The predicted molar refractivity (Wildman–Crippen MR) is 118 cm³/mol. The number of nitrogens with zero attached hydrogens (tertiary/aromatic N) is 2. The second kappa shape index (κ2) is 9.98. The third-order valence-corrected chi connectivity index (χ3v) is 6.78. The smallest absolute Gasteiger partial charge is 0.371 e. The van der Waals surface area contributed by atoms with Crippen LogP contribution in [0, 0.1) is 0 Å². The predicted octanol–water partition coefficient (Wildman–Crippen LogP) is 3.65. The summed E-state index contributed by atoms with van der Waals surface area (Å²) in [6.45, 7) is 1.07. The fraction of sp³-hybridized carbons (Fsp3) is 0.350. The molecular weight excluding hydrogens is 449 g/mol. The summed E-state index contributed by atoms with van der Waals surface area (Å²) >= 11 is 12.0. The Balaban J connectivity index is 1.79. The molecule has 7 nitrogen and oxygen atoms in total. The van der Waals surface area contributed by atoms with Crippen molar-refractivity contribution in [3.05, 3.63) is 58.6 Å². The number of carbonyl (C=O) groups excluding carboxylic acids is 1. The Morgan fingerprint density at radius 3 is 2.47 bits per heavy atom. The second-order valence-corrected chi connectivity index (χ2v) is 9.44. The summed E-state index contributed by atoms with van der Waals surface area (Å²) in [5.41, 5.74) is 0.357. The van der Waals surface area contributed by atoms with Gasteiger partial charge in [0.2, 0.25) is 5.91 Å². The number of piperidine rings is 1. The first-order valence-electron chi connectivity index (χ1n) is 9.44. The summed E-state index contributed by atoms with van der Waals surface area (Å²) < 4.78 is 32.5. The molecule has 3 rings (SSSR count). The van der Waals surface area contributed by atoms with E-state index in [9.17, 15) is 13.2 Å². The van der Waals surface area contributed by atoms with E-state index in [1.165, 1.54) is 6.07 Å². The van der Waals surface area contributed by atoms with Gasteiger partial charge in [0.25, 0.3) is 0 Å². The average Bonchev–Trinajstić information content (AvgIpc) is 2.69. The van der Waals surface area contributed by atoms with E-state index in [0.717, 1.165) is 17.4 Å². The number of likely N-dealkylation sites (tertiary alicyclic amines) is 1. The number of carbonyl (C=O) groups is 1. The first-order chi connectivity index (χ1) is 14.2. The number of hydrogen-bond donors (Lipinski definition) is 1. The fourth-order valence-electron chi connectivity index (χ4n) is 3.24. The van der Waals surface area contributed by atoms with Gasteiger partial charge in [-0.25, -0.2) is 0 Å². The topological polar surface area (TPSA) is 79.0 Å². The Hall–Kier alpha value is -1.84. The first-order valence-corrected chi connectivity index (χ1v) is 11.6. The molecule has 1 aliphatic rings. The molecule has 0 bridgehead atoms. The molecule has 30 heavy (non-hydrogen) atoms. The summed E-state index contributed by atoms with van der Waals surface area (Å²) in [4.78, 5) is 14.8. The molecule has 1 fully saturated rings. The molecular formula is C20H23Cl2N3O4S. The van der Waals surface area contributed by atoms with Crippen LogP contribution < -0.4 is 9.50 Å². The number of halogens is 2. The van der Waals surface area contributed by atoms with Crippen molar-refractivity contribution >= 4 is 45.1 Å². The summed E-state index contributed by atoms with van der Waals surface area (Å²) in [6, 6.07) is 12.5. The van der Waals surface area contributed by atoms with Crippen LogP contribution in [-0.4, -0.2) is 56.3 Å². The maximum absolute atomic E-state index is 13.0. The van der Waals surface area contributed by atoms with Crippen LogP contribution in [0.2, 0.25) is 10.0 Å². The van der Waals surface area contributed by atoms with Crippen molar-refractivity contribution in [3.8, 4) is 5.75 Å². The zero-order valence-electron chi connectivity index (χ0n) is 16.4. The van der Waals surface area contributed by atoms with Crippen molar-refractivity contribution in [3.63, 3.8) is 0 Å². The molecule has 0 atom stereocenters. The zero-order chi connectivity index (χ0) is 21.7. The monoisotopic (exact) mass is 471 g/mol. The maximum Gasteiger partial charge on any atom is 0.385 e. The molecule has 0 saturated carbocycles. The Labute approximate surface area is 186 Å². The lowest BCUT2D eigenvalue weighted by Crippen LogP contribution is -2.50. The van der Waals surface area contributed by atoms with Gasteiger partial charge >= 0.3 is 10.3 Å². The lowest BCUT2D eigenvalue weighted by molar-refractivity contribution is -0.117. The molecule has 1 amide bonds. The minimum absolute atomic E-state index is 0.191. The Bertz CT molecular complexity index is 981. The lowest BCUT2D eigenvalue weighted by atomic mass is 10.1. The minimum Gasteiger partial charge on any atom is -0.371 e. The van der Waals surface area contributed by atoms with E-state index in [0.29, 0.717) is 23.6 Å². The molecule has 1 heterocycles. The average molecular weight is 472 g/mol. The van der Waals surface area contributed by atoms with Gasteiger partial charge in [-0.15, -0.1) is 0 Å². The molecule has 0 aromatic heterocycles. The molecule has 2 aromatic rings. The third-order valence-electron chi connectivity index (χ3n) is 4.83. The van der Waals surface area contributed by atoms with Crippen molar-refractivity contribution in [2.45, 2.75) is 18.9 Å². The van der Waals surface area contributed by atoms with Crippen LogP contribution in [0.4, 0.5) is 5.69 Å². The van der Waals surface area contributed by atoms with Crippen molar-refractivity contribution in [1.82, 2.24) is 9.21 Å². The van der Waals surface area contributed by atoms with Crippen LogP contribution in [-0.2, 0) is 15.1 Å². The van der Waals surface area contributed by atoms with Gasteiger partial charge in [-0.1, -0.05) is 41.4 Å². The highest BCUT2D eigenvalue weighted by Gasteiger charge is 2.35. The molecule has 0 unspecified atom stereocenters. The number of amides is 1. The number of nitrogens with one attached hydrogen (secondary N) is 1. The van der Waals surface area contributed by atoms with Crippen LogP contribution in [0.3, 0.4) is 0 Å². The van der Waals surface area contributed by atoms with Gasteiger partial charge in [-0.3, -0.25) is 4.79 Å². The highest BCUT2D eigenvalue weighted by molar-refractivity contribution is 7.84. The van der Waals surface area contributed by atoms with E-state index in [4.69, 9.17) is 27.4 Å². The van der Waals surface area contributed by atoms with Crippen LogP contribution in [0.5, 0.6) is 5.75 Å². The summed E-state index contributed by atoms with van der Waals surface area (Å²) in [5, 5.41) is 3.35. The maximum atomic E-state index is 13.0. The van der Waals surface area contributed by atoms with Crippen LogP contribution >= 0.6 is 23.2 Å². The zero-order valence-corrected chi connectivity index (χ0v) is 18.8. The Morgan fingerprint density at radius 2 is 1.83 bits per heavy atom. The Kier molecular flexibility index (Phi) is 7.60. The van der Waals surface area contributed by atoms with Crippen molar-refractivity contribution < 1.29 is 17.4 Å². The highest BCUT2D eigenvalue weighted by atomic mass is 35.5. The Morgan fingerprint density at radius 1 is 1.17 bits per heavy atom. The SMILES string of the molecule is CN1CCC(N(CC(=O)Nc2ccc(Cl)cc2Cl)S(=O)(=O)Oc2ccccc2)CC1. The number of rotatable bonds is 7. The normalized spacial score (nSPS) is 15.9. The summed E-state index contributed by atoms with van der Waals surface area (Å²) in [5.74, 6) is -0.324. The minimum atomic E-state index is -4.20. The number of benzene rings is 2. The molecule has 162 valence electrons. The van der Waals surface area contributed by atoms with Gasteiger partial charge in [-0.2, -0.15) is 12.7 Å². The standard InChI is InChI=1S/C20H23Cl2N3O4S/c1-24-11-9-16(10-12-24)25(30(27,28)29-17-5-3-2-4-6-17)14-20(26)23-19-8-7-15(21)13-18(19)22/h2-8,13,16H,9-12,14H2,1H3,(H,23,26). The van der Waals surface area contributed by atoms with E-state index in [2.05, 4.69) is 10.2 Å². The second-order valence-electron chi connectivity index (χ2n) is 7.11. The molecule has 0 radical (unpaired) electrons. The van der Waals surface area contributed by atoms with E-state index in [-0.39, 0.29) is 23.4 Å².